The summed E-state index contributed by atoms with van der Waals surface area (Å²) in [6, 6.07) is 6.35. The SMILES string of the molecule is Cn1c(COc2ccc3c(c2)CCCC3)nnc1SCC(=O)Nc1nnc(C2CC2)s1. The standard InChI is InChI=1S/C21H24N6O2S2/c1-27-17(11-29-16-9-8-13-4-2-3-5-15(13)10-16)23-26-21(27)30-12-18(28)22-20-25-24-19(31-20)14-6-7-14/h8-10,14H,2-7,11-12H2,1H3,(H,22,25,28). The third kappa shape index (κ3) is 4.90. The summed E-state index contributed by atoms with van der Waals surface area (Å²) in [5.41, 5.74) is 2.83. The molecule has 3 aromatic rings. The van der Waals surface area contributed by atoms with Gasteiger partial charge in [-0.1, -0.05) is 29.2 Å². The molecule has 2 aromatic heterocycles. The Morgan fingerprint density at radius 1 is 1.19 bits per heavy atom. The van der Waals surface area contributed by atoms with Gasteiger partial charge in [-0.15, -0.1) is 20.4 Å². The van der Waals surface area contributed by atoms with Crippen molar-refractivity contribution in [3.63, 3.8) is 0 Å². The number of hydrogen-bond acceptors (Lipinski definition) is 8. The molecule has 0 saturated heterocycles. The van der Waals surface area contributed by atoms with Crippen LogP contribution in [0.15, 0.2) is 23.4 Å². The molecule has 8 nitrogen and oxygen atoms in total. The molecule has 1 aromatic carbocycles. The van der Waals surface area contributed by atoms with Crippen LogP contribution in [0, 0.1) is 0 Å². The average Bonchev–Trinajstić information content (AvgIpc) is 3.44. The number of anilines is 1. The molecule has 5 rings (SSSR count). The minimum Gasteiger partial charge on any atom is -0.486 e. The highest BCUT2D eigenvalue weighted by atomic mass is 32.2. The van der Waals surface area contributed by atoms with Crippen LogP contribution >= 0.6 is 23.1 Å². The molecule has 0 atom stereocenters. The van der Waals surface area contributed by atoms with Crippen LogP contribution < -0.4 is 10.1 Å². The summed E-state index contributed by atoms with van der Waals surface area (Å²) in [5.74, 6) is 2.23. The molecule has 0 aliphatic heterocycles. The summed E-state index contributed by atoms with van der Waals surface area (Å²) in [4.78, 5) is 12.3. The summed E-state index contributed by atoms with van der Waals surface area (Å²) < 4.78 is 7.83. The van der Waals surface area contributed by atoms with E-state index in [1.54, 1.807) is 0 Å². The number of aromatic nitrogens is 5. The van der Waals surface area contributed by atoms with E-state index in [1.165, 1.54) is 59.9 Å². The molecule has 0 radical (unpaired) electrons. The largest absolute Gasteiger partial charge is 0.486 e. The van der Waals surface area contributed by atoms with Gasteiger partial charge < -0.3 is 9.30 Å². The van der Waals surface area contributed by atoms with Gasteiger partial charge in [0, 0.05) is 13.0 Å². The quantitative estimate of drug-likeness (QED) is 0.516. The number of amides is 1. The highest BCUT2D eigenvalue weighted by Crippen LogP contribution is 2.42. The van der Waals surface area contributed by atoms with Crippen molar-refractivity contribution >= 4 is 34.1 Å². The lowest BCUT2D eigenvalue weighted by molar-refractivity contribution is -0.113. The number of carbonyl (C=O) groups is 1. The van der Waals surface area contributed by atoms with Crippen LogP contribution in [0.4, 0.5) is 5.13 Å². The summed E-state index contributed by atoms with van der Waals surface area (Å²) in [7, 11) is 1.89. The average molecular weight is 457 g/mol. The molecule has 0 bridgehead atoms. The Balaban J connectivity index is 1.13. The second kappa shape index (κ2) is 8.96. The van der Waals surface area contributed by atoms with Gasteiger partial charge in [0.15, 0.2) is 11.0 Å². The van der Waals surface area contributed by atoms with Crippen molar-refractivity contribution in [3.05, 3.63) is 40.2 Å². The van der Waals surface area contributed by atoms with Gasteiger partial charge in [-0.3, -0.25) is 10.1 Å². The normalized spacial score (nSPS) is 15.5. The van der Waals surface area contributed by atoms with Crippen molar-refractivity contribution in [2.45, 2.75) is 56.2 Å². The van der Waals surface area contributed by atoms with Gasteiger partial charge in [0.05, 0.1) is 5.75 Å². The minimum absolute atomic E-state index is 0.127. The first kappa shape index (κ1) is 20.4. The van der Waals surface area contributed by atoms with Crippen molar-refractivity contribution < 1.29 is 9.53 Å². The summed E-state index contributed by atoms with van der Waals surface area (Å²) in [5, 5.41) is 21.7. The lowest BCUT2D eigenvalue weighted by Crippen LogP contribution is -2.14. The summed E-state index contributed by atoms with van der Waals surface area (Å²) >= 11 is 2.80. The first-order valence-corrected chi connectivity index (χ1v) is 12.3. The maximum Gasteiger partial charge on any atom is 0.236 e. The maximum atomic E-state index is 12.3. The maximum absolute atomic E-state index is 12.3. The Labute approximate surface area is 188 Å². The number of fused-ring (bicyclic) bond motifs is 1. The number of carbonyl (C=O) groups excluding carboxylic acids is 1. The van der Waals surface area contributed by atoms with Crippen LogP contribution in [0.25, 0.3) is 0 Å². The van der Waals surface area contributed by atoms with E-state index in [0.29, 0.717) is 22.8 Å². The van der Waals surface area contributed by atoms with E-state index in [-0.39, 0.29) is 11.7 Å². The zero-order chi connectivity index (χ0) is 21.2. The molecule has 1 fully saturated rings. The number of rotatable bonds is 8. The number of hydrogen-bond donors (Lipinski definition) is 1. The molecular formula is C21H24N6O2S2. The van der Waals surface area contributed by atoms with Gasteiger partial charge >= 0.3 is 0 Å². The molecule has 10 heteroatoms. The molecular weight excluding hydrogens is 432 g/mol. The van der Waals surface area contributed by atoms with E-state index in [0.717, 1.165) is 29.4 Å². The molecule has 1 saturated carbocycles. The lowest BCUT2D eigenvalue weighted by atomic mass is 9.92. The van der Waals surface area contributed by atoms with Gasteiger partial charge in [0.2, 0.25) is 11.0 Å². The zero-order valence-electron chi connectivity index (χ0n) is 17.3. The van der Waals surface area contributed by atoms with Crippen molar-refractivity contribution in [3.8, 4) is 5.75 Å². The molecule has 1 amide bonds. The summed E-state index contributed by atoms with van der Waals surface area (Å²) in [6.45, 7) is 0.337. The van der Waals surface area contributed by atoms with Crippen molar-refractivity contribution in [2.24, 2.45) is 7.05 Å². The van der Waals surface area contributed by atoms with E-state index in [2.05, 4.69) is 37.8 Å². The second-order valence-electron chi connectivity index (χ2n) is 7.94. The van der Waals surface area contributed by atoms with Crippen molar-refractivity contribution in [1.82, 2.24) is 25.0 Å². The van der Waals surface area contributed by atoms with Gasteiger partial charge in [-0.2, -0.15) is 0 Å². The fourth-order valence-corrected chi connectivity index (χ4v) is 5.27. The number of ether oxygens (including phenoxy) is 1. The first-order chi connectivity index (χ1) is 15.2. The third-order valence-electron chi connectivity index (χ3n) is 5.56. The Hall–Kier alpha value is -2.46. The molecule has 2 heterocycles. The van der Waals surface area contributed by atoms with Crippen LogP contribution in [0.1, 0.15) is 53.6 Å². The van der Waals surface area contributed by atoms with E-state index in [1.807, 2.05) is 17.7 Å². The highest BCUT2D eigenvalue weighted by molar-refractivity contribution is 7.99. The molecule has 162 valence electrons. The van der Waals surface area contributed by atoms with Crippen LogP contribution in [-0.2, 0) is 31.3 Å². The van der Waals surface area contributed by atoms with Crippen LogP contribution in [0.5, 0.6) is 5.75 Å². The van der Waals surface area contributed by atoms with Gasteiger partial charge in [-0.05, 0) is 61.8 Å². The predicted octanol–water partition coefficient (Wildman–Crippen LogP) is 3.73. The van der Waals surface area contributed by atoms with Gasteiger partial charge in [0.25, 0.3) is 0 Å². The number of benzene rings is 1. The van der Waals surface area contributed by atoms with Crippen LogP contribution in [-0.4, -0.2) is 36.6 Å². The molecule has 0 unspecified atom stereocenters. The Kier molecular flexibility index (Phi) is 5.91. The fraction of sp³-hybridized carbons (Fsp3) is 0.476. The smallest absolute Gasteiger partial charge is 0.236 e. The fourth-order valence-electron chi connectivity index (χ4n) is 3.61. The number of aryl methyl sites for hydroxylation is 2. The van der Waals surface area contributed by atoms with E-state index in [9.17, 15) is 4.79 Å². The van der Waals surface area contributed by atoms with E-state index in [4.69, 9.17) is 4.74 Å². The summed E-state index contributed by atoms with van der Waals surface area (Å²) in [6.07, 6.45) is 7.14. The number of thioether (sulfide) groups is 1. The Morgan fingerprint density at radius 2 is 2.03 bits per heavy atom. The van der Waals surface area contributed by atoms with Crippen LogP contribution in [0.3, 0.4) is 0 Å². The molecule has 31 heavy (non-hydrogen) atoms. The lowest BCUT2D eigenvalue weighted by Gasteiger charge is -2.16. The van der Waals surface area contributed by atoms with Crippen molar-refractivity contribution in [1.29, 1.82) is 0 Å². The van der Waals surface area contributed by atoms with Gasteiger partial charge in [-0.25, -0.2) is 0 Å². The second-order valence-corrected chi connectivity index (χ2v) is 9.89. The number of nitrogens with one attached hydrogen (secondary N) is 1. The number of nitrogens with zero attached hydrogens (tertiary/aromatic N) is 5. The predicted molar refractivity (Wildman–Crippen MR) is 120 cm³/mol. The molecule has 2 aliphatic rings. The van der Waals surface area contributed by atoms with Gasteiger partial charge in [0.1, 0.15) is 17.4 Å². The van der Waals surface area contributed by atoms with E-state index < -0.39 is 0 Å². The first-order valence-electron chi connectivity index (χ1n) is 10.5. The monoisotopic (exact) mass is 456 g/mol. The topological polar surface area (TPSA) is 94.8 Å². The zero-order valence-corrected chi connectivity index (χ0v) is 19.0. The Bertz CT molecular complexity index is 1090. The Morgan fingerprint density at radius 3 is 2.87 bits per heavy atom. The molecule has 0 spiro atoms. The molecule has 1 N–H and O–H groups in total. The highest BCUT2D eigenvalue weighted by Gasteiger charge is 2.27. The van der Waals surface area contributed by atoms with Crippen molar-refractivity contribution in [2.75, 3.05) is 11.1 Å². The minimum atomic E-state index is -0.127. The van der Waals surface area contributed by atoms with Crippen LogP contribution in [0.2, 0.25) is 0 Å². The third-order valence-corrected chi connectivity index (χ3v) is 7.58. The molecule has 2 aliphatic carbocycles. The van der Waals surface area contributed by atoms with E-state index >= 15 is 0 Å².